The molecule has 1 aromatic carbocycles. The van der Waals surface area contributed by atoms with Gasteiger partial charge in [0, 0.05) is 29.6 Å². The standard InChI is InChI=1S/C12H15N3O4S.Na/c1-9-11(14(2)8-20(17,18)19)12(16)15(13-9)10-6-4-3-5-7-10;/h3-7,11H,8H2,1-2H3,(H,17,18,19);. The van der Waals surface area contributed by atoms with Crippen LogP contribution in [0.2, 0.25) is 0 Å². The molecular weight excluding hydrogens is 305 g/mol. The Kier molecular flexibility index (Phi) is 6.09. The topological polar surface area (TPSA) is 90.3 Å². The molecule has 1 aromatic rings. The predicted octanol–water partition coefficient (Wildman–Crippen LogP) is 0.174. The molecular formula is C12H15N3NaO4S. The van der Waals surface area contributed by atoms with Crippen LogP contribution in [0.5, 0.6) is 0 Å². The summed E-state index contributed by atoms with van der Waals surface area (Å²) in [6.07, 6.45) is 0. The quantitative estimate of drug-likeness (QED) is 0.631. The van der Waals surface area contributed by atoms with Gasteiger partial charge < -0.3 is 0 Å². The van der Waals surface area contributed by atoms with Gasteiger partial charge in [0.2, 0.25) is 0 Å². The molecule has 1 unspecified atom stereocenters. The zero-order chi connectivity index (χ0) is 14.9. The van der Waals surface area contributed by atoms with Gasteiger partial charge in [-0.15, -0.1) is 0 Å². The molecule has 1 aliphatic rings. The van der Waals surface area contributed by atoms with E-state index < -0.39 is 22.0 Å². The number of benzene rings is 1. The number of para-hydroxylation sites is 1. The number of carbonyl (C=O) groups is 1. The summed E-state index contributed by atoms with van der Waals surface area (Å²) < 4.78 is 30.7. The number of anilines is 1. The van der Waals surface area contributed by atoms with Crippen LogP contribution in [0.1, 0.15) is 6.92 Å². The number of nitrogens with zero attached hydrogens (tertiary/aromatic N) is 3. The summed E-state index contributed by atoms with van der Waals surface area (Å²) >= 11 is 0. The van der Waals surface area contributed by atoms with Crippen molar-refractivity contribution in [2.75, 3.05) is 17.9 Å². The van der Waals surface area contributed by atoms with Gasteiger partial charge in [0.25, 0.3) is 16.0 Å². The second kappa shape index (κ2) is 6.99. The van der Waals surface area contributed by atoms with Crippen molar-refractivity contribution in [2.45, 2.75) is 13.0 Å². The van der Waals surface area contributed by atoms with Crippen molar-refractivity contribution in [1.29, 1.82) is 0 Å². The average Bonchev–Trinajstić information content (AvgIpc) is 2.64. The Labute approximate surface area is 145 Å². The smallest absolute Gasteiger partial charge is 0.278 e. The first-order chi connectivity index (χ1) is 9.29. The zero-order valence-corrected chi connectivity index (χ0v) is 14.9. The molecule has 1 atom stereocenters. The molecule has 1 heterocycles. The number of rotatable bonds is 4. The molecule has 0 aliphatic carbocycles. The van der Waals surface area contributed by atoms with E-state index in [0.29, 0.717) is 11.4 Å². The van der Waals surface area contributed by atoms with Gasteiger partial charge in [0.05, 0.1) is 11.4 Å². The van der Waals surface area contributed by atoms with Crippen LogP contribution in [0.4, 0.5) is 5.69 Å². The Morgan fingerprint density at radius 2 is 1.90 bits per heavy atom. The third kappa shape index (κ3) is 4.35. The summed E-state index contributed by atoms with van der Waals surface area (Å²) in [5.74, 6) is -0.973. The Bertz CT molecular complexity index is 648. The van der Waals surface area contributed by atoms with Gasteiger partial charge in [0.1, 0.15) is 11.9 Å². The second-order valence-electron chi connectivity index (χ2n) is 4.60. The van der Waals surface area contributed by atoms with Crippen molar-refractivity contribution in [2.24, 2.45) is 5.10 Å². The first kappa shape index (κ1) is 18.3. The normalized spacial score (nSPS) is 18.7. The molecule has 9 heteroatoms. The second-order valence-corrected chi connectivity index (χ2v) is 6.02. The average molecular weight is 320 g/mol. The molecule has 0 bridgehead atoms. The van der Waals surface area contributed by atoms with E-state index >= 15 is 0 Å². The summed E-state index contributed by atoms with van der Waals surface area (Å²) in [6, 6.07) is 8.06. The van der Waals surface area contributed by atoms with Crippen molar-refractivity contribution >= 4 is 57.0 Å². The van der Waals surface area contributed by atoms with E-state index in [9.17, 15) is 13.2 Å². The largest absolute Gasteiger partial charge is 0.285 e. The Balaban J connectivity index is 0.00000220. The molecule has 0 saturated carbocycles. The summed E-state index contributed by atoms with van der Waals surface area (Å²) in [4.78, 5) is 13.6. The fourth-order valence-corrected chi connectivity index (χ4v) is 2.81. The van der Waals surface area contributed by atoms with Gasteiger partial charge in [-0.3, -0.25) is 14.2 Å². The van der Waals surface area contributed by atoms with Crippen molar-refractivity contribution in [3.8, 4) is 0 Å². The summed E-state index contributed by atoms with van der Waals surface area (Å²) in [6.45, 7) is 1.64. The van der Waals surface area contributed by atoms with E-state index in [1.54, 1.807) is 31.2 Å². The summed E-state index contributed by atoms with van der Waals surface area (Å²) in [5, 5.41) is 5.39. The van der Waals surface area contributed by atoms with Crippen molar-refractivity contribution in [3.05, 3.63) is 30.3 Å². The Morgan fingerprint density at radius 1 is 1.33 bits per heavy atom. The molecule has 1 amide bonds. The van der Waals surface area contributed by atoms with Crippen molar-refractivity contribution < 1.29 is 17.8 Å². The molecule has 7 nitrogen and oxygen atoms in total. The molecule has 1 aliphatic heterocycles. The van der Waals surface area contributed by atoms with Crippen LogP contribution in [-0.2, 0) is 14.9 Å². The van der Waals surface area contributed by atoms with Crippen LogP contribution >= 0.6 is 0 Å². The fourth-order valence-electron chi connectivity index (χ4n) is 2.15. The molecule has 1 radical (unpaired) electrons. The third-order valence-electron chi connectivity index (χ3n) is 2.90. The molecule has 1 N–H and O–H groups in total. The number of carbonyl (C=O) groups excluding carboxylic acids is 1. The van der Waals surface area contributed by atoms with Crippen LogP contribution in [0.3, 0.4) is 0 Å². The maximum atomic E-state index is 12.3. The summed E-state index contributed by atoms with van der Waals surface area (Å²) in [7, 11) is -2.74. The van der Waals surface area contributed by atoms with Gasteiger partial charge in [-0.1, -0.05) is 18.2 Å². The minimum atomic E-state index is -4.19. The van der Waals surface area contributed by atoms with E-state index in [-0.39, 0.29) is 35.5 Å². The predicted molar refractivity (Wildman–Crippen MR) is 80.8 cm³/mol. The maximum Gasteiger partial charge on any atom is 0.278 e. The number of hydrogen-bond acceptors (Lipinski definition) is 5. The molecule has 21 heavy (non-hydrogen) atoms. The van der Waals surface area contributed by atoms with Gasteiger partial charge >= 0.3 is 0 Å². The summed E-state index contributed by atoms with van der Waals surface area (Å²) in [5.41, 5.74) is 1.09. The SMILES string of the molecule is CC1=NN(c2ccccc2)C(=O)C1N(C)CS(=O)(=O)O.[Na]. The molecule has 0 spiro atoms. The Morgan fingerprint density at radius 3 is 2.43 bits per heavy atom. The number of hydrazone groups is 1. The number of likely N-dealkylation sites (N-methyl/N-ethyl adjacent to an activating group) is 1. The zero-order valence-electron chi connectivity index (χ0n) is 12.1. The van der Waals surface area contributed by atoms with Crippen LogP contribution < -0.4 is 5.01 Å². The van der Waals surface area contributed by atoms with Crippen LogP contribution in [0, 0.1) is 0 Å². The van der Waals surface area contributed by atoms with Crippen LogP contribution in [-0.4, -0.2) is 78.0 Å². The number of hydrogen-bond donors (Lipinski definition) is 1. The van der Waals surface area contributed by atoms with Gasteiger partial charge in [-0.25, -0.2) is 0 Å². The third-order valence-corrected chi connectivity index (χ3v) is 3.64. The van der Waals surface area contributed by atoms with Crippen molar-refractivity contribution in [3.63, 3.8) is 0 Å². The van der Waals surface area contributed by atoms with Gasteiger partial charge in [-0.05, 0) is 26.1 Å². The molecule has 2 rings (SSSR count). The van der Waals surface area contributed by atoms with E-state index in [0.717, 1.165) is 0 Å². The minimum absolute atomic E-state index is 0. The molecule has 0 saturated heterocycles. The Hall–Kier alpha value is -0.770. The first-order valence-corrected chi connectivity index (χ1v) is 7.50. The van der Waals surface area contributed by atoms with E-state index in [1.807, 2.05) is 6.07 Å². The molecule has 0 aromatic heterocycles. The fraction of sp³-hybridized carbons (Fsp3) is 0.333. The molecule has 109 valence electrons. The first-order valence-electron chi connectivity index (χ1n) is 5.89. The van der Waals surface area contributed by atoms with Crippen LogP contribution in [0.15, 0.2) is 35.4 Å². The number of amides is 1. The van der Waals surface area contributed by atoms with Crippen LogP contribution in [0.25, 0.3) is 0 Å². The molecule has 0 fully saturated rings. The van der Waals surface area contributed by atoms with Crippen molar-refractivity contribution in [1.82, 2.24) is 4.90 Å². The maximum absolute atomic E-state index is 12.3. The van der Waals surface area contributed by atoms with E-state index in [1.165, 1.54) is 17.0 Å². The van der Waals surface area contributed by atoms with Gasteiger partial charge in [0.15, 0.2) is 0 Å². The van der Waals surface area contributed by atoms with E-state index in [2.05, 4.69) is 5.10 Å². The van der Waals surface area contributed by atoms with Gasteiger partial charge in [-0.2, -0.15) is 18.5 Å². The van der Waals surface area contributed by atoms with E-state index in [4.69, 9.17) is 4.55 Å². The monoisotopic (exact) mass is 320 g/mol. The minimum Gasteiger partial charge on any atom is -0.285 e.